The average Bonchev–Trinajstić information content (AvgIpc) is 2.49. The van der Waals surface area contributed by atoms with E-state index in [9.17, 15) is 18.4 Å². The van der Waals surface area contributed by atoms with E-state index in [1.165, 1.54) is 12.1 Å². The van der Waals surface area contributed by atoms with Crippen molar-refractivity contribution in [3.63, 3.8) is 0 Å². The monoisotopic (exact) mass is 372 g/mol. The fourth-order valence-corrected chi connectivity index (χ4v) is 2.53. The Bertz CT molecular complexity index is 759. The maximum absolute atomic E-state index is 13.9. The van der Waals surface area contributed by atoms with E-state index in [1.807, 2.05) is 0 Å². The van der Waals surface area contributed by atoms with Gasteiger partial charge in [-0.15, -0.1) is 0 Å². The quantitative estimate of drug-likeness (QED) is 0.871. The van der Waals surface area contributed by atoms with E-state index < -0.39 is 35.7 Å². The number of hydrogen-bond acceptors (Lipinski definition) is 2. The van der Waals surface area contributed by atoms with Crippen LogP contribution in [0.25, 0.3) is 0 Å². The Balaban J connectivity index is 2.26. The number of carbonyl (C=O) groups excluding carboxylic acids is 2. The van der Waals surface area contributed by atoms with Crippen molar-refractivity contribution >= 4 is 46.4 Å². The van der Waals surface area contributed by atoms with Gasteiger partial charge in [0.05, 0.1) is 15.7 Å². The number of halogens is 4. The van der Waals surface area contributed by atoms with Gasteiger partial charge in [-0.05, 0) is 24.3 Å². The van der Waals surface area contributed by atoms with Gasteiger partial charge in [-0.3, -0.25) is 14.5 Å². The molecule has 2 aromatic rings. The van der Waals surface area contributed by atoms with Gasteiger partial charge in [0.15, 0.2) is 0 Å². The molecule has 0 aliphatic heterocycles. The highest BCUT2D eigenvalue weighted by atomic mass is 35.5. The van der Waals surface area contributed by atoms with Gasteiger partial charge < -0.3 is 5.32 Å². The standard InChI is InChI=1S/C16H12Cl2F2N2O2/c1-9(23)22(16-12(19)6-3-7-13(16)20)8-14(24)21-15-10(17)4-2-5-11(15)18/h2-7H,8H2,1H3,(H,21,24). The third-order valence-electron chi connectivity index (χ3n) is 3.12. The summed E-state index contributed by atoms with van der Waals surface area (Å²) in [6.45, 7) is 0.496. The van der Waals surface area contributed by atoms with Crippen LogP contribution in [0.3, 0.4) is 0 Å². The summed E-state index contributed by atoms with van der Waals surface area (Å²) in [5.41, 5.74) is -0.436. The number of anilines is 2. The van der Waals surface area contributed by atoms with Crippen LogP contribution < -0.4 is 10.2 Å². The molecule has 1 N–H and O–H groups in total. The Hall–Kier alpha value is -2.18. The number of carbonyl (C=O) groups is 2. The lowest BCUT2D eigenvalue weighted by Gasteiger charge is -2.22. The number of rotatable bonds is 4. The summed E-state index contributed by atoms with van der Waals surface area (Å²) in [5.74, 6) is -3.30. The predicted molar refractivity (Wildman–Crippen MR) is 89.5 cm³/mol. The summed E-state index contributed by atoms with van der Waals surface area (Å²) >= 11 is 11.9. The Morgan fingerprint density at radius 3 is 2.04 bits per heavy atom. The van der Waals surface area contributed by atoms with Gasteiger partial charge in [0.25, 0.3) is 0 Å². The Labute approximate surface area is 147 Å². The molecule has 0 fully saturated rings. The van der Waals surface area contributed by atoms with Crippen molar-refractivity contribution in [2.24, 2.45) is 0 Å². The molecule has 126 valence electrons. The molecule has 0 atom stereocenters. The SMILES string of the molecule is CC(=O)N(CC(=O)Nc1c(Cl)cccc1Cl)c1c(F)cccc1F. The number of benzene rings is 2. The van der Waals surface area contributed by atoms with Crippen molar-refractivity contribution in [1.82, 2.24) is 0 Å². The Morgan fingerprint density at radius 2 is 1.54 bits per heavy atom. The highest BCUT2D eigenvalue weighted by molar-refractivity contribution is 6.39. The zero-order valence-electron chi connectivity index (χ0n) is 12.4. The fraction of sp³-hybridized carbons (Fsp3) is 0.125. The summed E-state index contributed by atoms with van der Waals surface area (Å²) in [4.78, 5) is 24.6. The van der Waals surface area contributed by atoms with Gasteiger partial charge in [0.1, 0.15) is 23.9 Å². The third kappa shape index (κ3) is 4.01. The largest absolute Gasteiger partial charge is 0.322 e. The first-order chi connectivity index (χ1) is 11.3. The molecule has 24 heavy (non-hydrogen) atoms. The van der Waals surface area contributed by atoms with E-state index in [1.54, 1.807) is 6.07 Å². The molecule has 0 aromatic heterocycles. The van der Waals surface area contributed by atoms with Gasteiger partial charge in [0, 0.05) is 6.92 Å². The summed E-state index contributed by atoms with van der Waals surface area (Å²) in [5, 5.41) is 2.82. The predicted octanol–water partition coefficient (Wildman–Crippen LogP) is 4.26. The smallest absolute Gasteiger partial charge is 0.244 e. The van der Waals surface area contributed by atoms with Gasteiger partial charge in [0.2, 0.25) is 11.8 Å². The zero-order valence-corrected chi connectivity index (χ0v) is 14.0. The van der Waals surface area contributed by atoms with Crippen molar-refractivity contribution in [3.05, 3.63) is 58.1 Å². The minimum absolute atomic E-state index is 0.156. The van der Waals surface area contributed by atoms with Crippen molar-refractivity contribution in [1.29, 1.82) is 0 Å². The molecule has 4 nitrogen and oxygen atoms in total. The second-order valence-corrected chi connectivity index (χ2v) is 5.63. The van der Waals surface area contributed by atoms with Crippen molar-refractivity contribution in [3.8, 4) is 0 Å². The molecule has 0 spiro atoms. The van der Waals surface area contributed by atoms with E-state index in [2.05, 4.69) is 5.32 Å². The molecular weight excluding hydrogens is 361 g/mol. The zero-order chi connectivity index (χ0) is 17.9. The van der Waals surface area contributed by atoms with Crippen LogP contribution in [0.5, 0.6) is 0 Å². The van der Waals surface area contributed by atoms with Gasteiger partial charge in [-0.1, -0.05) is 35.3 Å². The highest BCUT2D eigenvalue weighted by Gasteiger charge is 2.23. The lowest BCUT2D eigenvalue weighted by molar-refractivity contribution is -0.120. The van der Waals surface area contributed by atoms with E-state index in [4.69, 9.17) is 23.2 Å². The van der Waals surface area contributed by atoms with Gasteiger partial charge >= 0.3 is 0 Å². The average molecular weight is 373 g/mol. The molecule has 0 bridgehead atoms. The number of amides is 2. The molecule has 0 saturated carbocycles. The van der Waals surface area contributed by atoms with E-state index >= 15 is 0 Å². The minimum Gasteiger partial charge on any atom is -0.322 e. The fourth-order valence-electron chi connectivity index (χ4n) is 2.03. The van der Waals surface area contributed by atoms with E-state index in [0.717, 1.165) is 25.1 Å². The summed E-state index contributed by atoms with van der Waals surface area (Å²) in [6, 6.07) is 7.78. The van der Waals surface area contributed by atoms with Gasteiger partial charge in [-0.2, -0.15) is 0 Å². The highest BCUT2D eigenvalue weighted by Crippen LogP contribution is 2.30. The molecule has 0 unspecified atom stereocenters. The second-order valence-electron chi connectivity index (χ2n) is 4.82. The van der Waals surface area contributed by atoms with Crippen LogP contribution in [0.2, 0.25) is 10.0 Å². The lowest BCUT2D eigenvalue weighted by Crippen LogP contribution is -2.38. The molecule has 0 aliphatic rings. The third-order valence-corrected chi connectivity index (χ3v) is 3.75. The minimum atomic E-state index is -0.950. The summed E-state index contributed by atoms with van der Waals surface area (Å²) < 4.78 is 27.7. The van der Waals surface area contributed by atoms with Crippen LogP contribution in [-0.2, 0) is 9.59 Å². The topological polar surface area (TPSA) is 49.4 Å². The van der Waals surface area contributed by atoms with Crippen LogP contribution in [0.4, 0.5) is 20.2 Å². The van der Waals surface area contributed by atoms with Gasteiger partial charge in [-0.25, -0.2) is 8.78 Å². The number of nitrogens with one attached hydrogen (secondary N) is 1. The lowest BCUT2D eigenvalue weighted by atomic mass is 10.2. The van der Waals surface area contributed by atoms with Crippen LogP contribution in [0.15, 0.2) is 36.4 Å². The van der Waals surface area contributed by atoms with Crippen molar-refractivity contribution in [2.45, 2.75) is 6.92 Å². The number of hydrogen-bond donors (Lipinski definition) is 1. The molecule has 2 rings (SSSR count). The van der Waals surface area contributed by atoms with Crippen LogP contribution in [0, 0.1) is 11.6 Å². The van der Waals surface area contributed by atoms with E-state index in [-0.39, 0.29) is 15.7 Å². The van der Waals surface area contributed by atoms with Crippen LogP contribution >= 0.6 is 23.2 Å². The molecule has 0 radical (unpaired) electrons. The Kier molecular flexibility index (Phi) is 5.75. The molecule has 2 amide bonds. The summed E-state index contributed by atoms with van der Waals surface area (Å²) in [7, 11) is 0. The van der Waals surface area contributed by atoms with Crippen molar-refractivity contribution < 1.29 is 18.4 Å². The molecule has 8 heteroatoms. The maximum atomic E-state index is 13.9. The molecular formula is C16H12Cl2F2N2O2. The molecule has 2 aromatic carbocycles. The normalized spacial score (nSPS) is 10.4. The summed E-state index contributed by atoms with van der Waals surface area (Å²) in [6.07, 6.45) is 0. The first-order valence-electron chi connectivity index (χ1n) is 6.77. The van der Waals surface area contributed by atoms with Crippen LogP contribution in [0.1, 0.15) is 6.92 Å². The molecule has 0 saturated heterocycles. The van der Waals surface area contributed by atoms with Crippen LogP contribution in [-0.4, -0.2) is 18.4 Å². The second kappa shape index (κ2) is 7.59. The van der Waals surface area contributed by atoms with E-state index in [0.29, 0.717) is 4.90 Å². The first kappa shape index (κ1) is 18.2. The number of nitrogens with zero attached hydrogens (tertiary/aromatic N) is 1. The first-order valence-corrected chi connectivity index (χ1v) is 7.53. The van der Waals surface area contributed by atoms with Crippen molar-refractivity contribution in [2.75, 3.05) is 16.8 Å². The maximum Gasteiger partial charge on any atom is 0.244 e. The number of para-hydroxylation sites is 2. The molecule has 0 heterocycles. The Morgan fingerprint density at radius 1 is 1.04 bits per heavy atom. The molecule has 0 aliphatic carbocycles.